The van der Waals surface area contributed by atoms with Crippen LogP contribution >= 0.6 is 0 Å². The normalized spacial score (nSPS) is 10.1. The SMILES string of the molecule is CCOC(=O)c1cnc(NCCNc2ccc([N+](=O)[O-])cn2)nc1-c1ccc(C#N)cc1. The molecule has 0 unspecified atom stereocenters. The molecule has 11 heteroatoms. The number of benzene rings is 1. The predicted molar refractivity (Wildman–Crippen MR) is 116 cm³/mol. The Kier molecular flexibility index (Phi) is 7.21. The molecule has 3 aromatic rings. The quantitative estimate of drug-likeness (QED) is 0.222. The maximum Gasteiger partial charge on any atom is 0.341 e. The first-order chi connectivity index (χ1) is 15.5. The van der Waals surface area contributed by atoms with Crippen LogP contribution in [0.3, 0.4) is 0 Å². The molecular weight excluding hydrogens is 414 g/mol. The largest absolute Gasteiger partial charge is 0.462 e. The standard InChI is InChI=1S/C21H19N7O4/c1-2-32-20(29)17-13-26-21(27-19(17)15-5-3-14(11-22)4-6-15)24-10-9-23-18-8-7-16(12-25-18)28(30)31/h3-8,12-13H,2,9-10H2,1H3,(H,23,25)(H,24,26,27). The van der Waals surface area contributed by atoms with Crippen LogP contribution in [0.4, 0.5) is 17.5 Å². The van der Waals surface area contributed by atoms with Crippen LogP contribution in [0, 0.1) is 21.4 Å². The molecule has 0 aliphatic carbocycles. The number of nitrogens with one attached hydrogen (secondary N) is 2. The summed E-state index contributed by atoms with van der Waals surface area (Å²) in [4.78, 5) is 35.1. The van der Waals surface area contributed by atoms with Gasteiger partial charge < -0.3 is 15.4 Å². The maximum atomic E-state index is 12.3. The van der Waals surface area contributed by atoms with Crippen molar-refractivity contribution in [2.75, 3.05) is 30.3 Å². The van der Waals surface area contributed by atoms with Crippen LogP contribution in [0.2, 0.25) is 0 Å². The molecule has 11 nitrogen and oxygen atoms in total. The summed E-state index contributed by atoms with van der Waals surface area (Å²) in [6, 6.07) is 11.6. The van der Waals surface area contributed by atoms with Gasteiger partial charge in [0, 0.05) is 30.9 Å². The van der Waals surface area contributed by atoms with Gasteiger partial charge in [0.05, 0.1) is 28.9 Å². The van der Waals surface area contributed by atoms with Gasteiger partial charge in [0.25, 0.3) is 5.69 Å². The second kappa shape index (κ2) is 10.4. The zero-order valence-corrected chi connectivity index (χ0v) is 17.1. The lowest BCUT2D eigenvalue weighted by molar-refractivity contribution is -0.385. The highest BCUT2D eigenvalue weighted by atomic mass is 16.6. The number of esters is 1. The molecule has 3 rings (SSSR count). The lowest BCUT2D eigenvalue weighted by Crippen LogP contribution is -2.17. The van der Waals surface area contributed by atoms with Gasteiger partial charge in [-0.1, -0.05) is 12.1 Å². The summed E-state index contributed by atoms with van der Waals surface area (Å²) in [7, 11) is 0. The summed E-state index contributed by atoms with van der Waals surface area (Å²) >= 11 is 0. The molecular formula is C21H19N7O4. The van der Waals surface area contributed by atoms with Gasteiger partial charge in [0.2, 0.25) is 5.95 Å². The van der Waals surface area contributed by atoms with Crippen LogP contribution in [0.1, 0.15) is 22.8 Å². The third kappa shape index (κ3) is 5.51. The highest BCUT2D eigenvalue weighted by Crippen LogP contribution is 2.23. The van der Waals surface area contributed by atoms with Crippen molar-refractivity contribution in [3.63, 3.8) is 0 Å². The lowest BCUT2D eigenvalue weighted by Gasteiger charge is -2.11. The number of hydrogen-bond acceptors (Lipinski definition) is 10. The number of rotatable bonds is 9. The van der Waals surface area contributed by atoms with Crippen molar-refractivity contribution in [2.24, 2.45) is 0 Å². The van der Waals surface area contributed by atoms with Gasteiger partial charge >= 0.3 is 5.97 Å². The molecule has 0 spiro atoms. The summed E-state index contributed by atoms with van der Waals surface area (Å²) in [5.74, 6) is 0.259. The summed E-state index contributed by atoms with van der Waals surface area (Å²) < 4.78 is 5.09. The van der Waals surface area contributed by atoms with E-state index in [9.17, 15) is 14.9 Å². The van der Waals surface area contributed by atoms with Crippen molar-refractivity contribution in [3.05, 3.63) is 70.0 Å². The highest BCUT2D eigenvalue weighted by molar-refractivity contribution is 5.96. The predicted octanol–water partition coefficient (Wildman–Crippen LogP) is 3.02. The fraction of sp³-hybridized carbons (Fsp3) is 0.190. The Morgan fingerprint density at radius 3 is 2.50 bits per heavy atom. The molecule has 0 aliphatic heterocycles. The fourth-order valence-corrected chi connectivity index (χ4v) is 2.71. The minimum atomic E-state index is -0.538. The van der Waals surface area contributed by atoms with Crippen molar-refractivity contribution in [1.29, 1.82) is 5.26 Å². The smallest absolute Gasteiger partial charge is 0.341 e. The number of hydrogen-bond donors (Lipinski definition) is 2. The van der Waals surface area contributed by atoms with E-state index in [1.165, 1.54) is 24.5 Å². The zero-order chi connectivity index (χ0) is 22.9. The molecule has 0 saturated carbocycles. The summed E-state index contributed by atoms with van der Waals surface area (Å²) in [6.45, 7) is 2.79. The summed E-state index contributed by atoms with van der Waals surface area (Å²) in [5, 5.41) is 25.7. The number of nitrogens with zero attached hydrogens (tertiary/aromatic N) is 5. The molecule has 2 N–H and O–H groups in total. The Bertz CT molecular complexity index is 1140. The molecule has 1 aromatic carbocycles. The monoisotopic (exact) mass is 433 g/mol. The van der Waals surface area contributed by atoms with E-state index in [1.807, 2.05) is 6.07 Å². The van der Waals surface area contributed by atoms with Gasteiger partial charge in [0.15, 0.2) is 0 Å². The average molecular weight is 433 g/mol. The van der Waals surface area contributed by atoms with E-state index in [-0.39, 0.29) is 17.9 Å². The Hall–Kier alpha value is -4.59. The number of pyridine rings is 1. The molecule has 0 amide bonds. The number of carbonyl (C=O) groups excluding carboxylic acids is 1. The van der Waals surface area contributed by atoms with Crippen molar-refractivity contribution >= 4 is 23.4 Å². The van der Waals surface area contributed by atoms with Crippen LogP contribution in [-0.2, 0) is 4.74 Å². The van der Waals surface area contributed by atoms with E-state index in [0.717, 1.165) is 0 Å². The van der Waals surface area contributed by atoms with Gasteiger partial charge in [-0.3, -0.25) is 10.1 Å². The molecule has 162 valence electrons. The van der Waals surface area contributed by atoms with Gasteiger partial charge in [-0.2, -0.15) is 5.26 Å². The topological polar surface area (TPSA) is 156 Å². The van der Waals surface area contributed by atoms with Crippen LogP contribution in [-0.4, -0.2) is 45.5 Å². The van der Waals surface area contributed by atoms with Gasteiger partial charge in [-0.05, 0) is 25.1 Å². The highest BCUT2D eigenvalue weighted by Gasteiger charge is 2.17. The van der Waals surface area contributed by atoms with Crippen LogP contribution in [0.15, 0.2) is 48.8 Å². The Morgan fingerprint density at radius 1 is 1.12 bits per heavy atom. The zero-order valence-electron chi connectivity index (χ0n) is 17.1. The van der Waals surface area contributed by atoms with Gasteiger partial charge in [-0.15, -0.1) is 0 Å². The van der Waals surface area contributed by atoms with Crippen LogP contribution in [0.5, 0.6) is 0 Å². The third-order valence-electron chi connectivity index (χ3n) is 4.24. The average Bonchev–Trinajstić information content (AvgIpc) is 2.82. The second-order valence-corrected chi connectivity index (χ2v) is 6.38. The fourth-order valence-electron chi connectivity index (χ4n) is 2.71. The Balaban J connectivity index is 1.70. The number of ether oxygens (including phenoxy) is 1. The molecule has 2 aromatic heterocycles. The number of aromatic nitrogens is 3. The van der Waals surface area contributed by atoms with E-state index >= 15 is 0 Å². The molecule has 0 fully saturated rings. The first kappa shape index (κ1) is 22.1. The summed E-state index contributed by atoms with van der Waals surface area (Å²) in [6.07, 6.45) is 2.57. The summed E-state index contributed by atoms with van der Waals surface area (Å²) in [5.41, 5.74) is 1.65. The van der Waals surface area contributed by atoms with E-state index in [1.54, 1.807) is 31.2 Å². The van der Waals surface area contributed by atoms with Crippen LogP contribution in [0.25, 0.3) is 11.3 Å². The van der Waals surface area contributed by atoms with Gasteiger partial charge in [-0.25, -0.2) is 19.7 Å². The Morgan fingerprint density at radius 2 is 1.88 bits per heavy atom. The number of carbonyl (C=O) groups is 1. The molecule has 0 radical (unpaired) electrons. The lowest BCUT2D eigenvalue weighted by atomic mass is 10.1. The van der Waals surface area contributed by atoms with E-state index in [2.05, 4.69) is 25.6 Å². The first-order valence-electron chi connectivity index (χ1n) is 9.64. The Labute approximate surface area is 183 Å². The number of nitriles is 1. The van der Waals surface area contributed by atoms with E-state index in [4.69, 9.17) is 10.00 Å². The van der Waals surface area contributed by atoms with Crippen molar-refractivity contribution in [3.8, 4) is 17.3 Å². The minimum absolute atomic E-state index is 0.0842. The second-order valence-electron chi connectivity index (χ2n) is 6.38. The molecule has 0 saturated heterocycles. The molecule has 2 heterocycles. The minimum Gasteiger partial charge on any atom is -0.462 e. The number of nitro groups is 1. The maximum absolute atomic E-state index is 12.3. The van der Waals surface area contributed by atoms with Gasteiger partial charge in [0.1, 0.15) is 17.6 Å². The first-order valence-corrected chi connectivity index (χ1v) is 9.64. The number of anilines is 2. The third-order valence-corrected chi connectivity index (χ3v) is 4.24. The molecule has 0 atom stereocenters. The van der Waals surface area contributed by atoms with Crippen molar-refractivity contribution < 1.29 is 14.5 Å². The molecule has 0 bridgehead atoms. The van der Waals surface area contributed by atoms with Crippen molar-refractivity contribution in [1.82, 2.24) is 15.0 Å². The van der Waals surface area contributed by atoms with E-state index < -0.39 is 10.9 Å². The van der Waals surface area contributed by atoms with Crippen molar-refractivity contribution in [2.45, 2.75) is 6.92 Å². The van der Waals surface area contributed by atoms with Crippen LogP contribution < -0.4 is 10.6 Å². The molecule has 32 heavy (non-hydrogen) atoms. The molecule has 0 aliphatic rings. The van der Waals surface area contributed by atoms with E-state index in [0.29, 0.717) is 41.7 Å².